The Labute approximate surface area is 171 Å². The number of benzene rings is 2. The number of H-pyrrole nitrogens is 1. The Balaban J connectivity index is 1.21. The maximum Gasteiger partial charge on any atom is 0.241 e. The molecule has 1 amide bonds. The molecular weight excluding hydrogens is 360 g/mol. The highest BCUT2D eigenvalue weighted by molar-refractivity contribution is 5.96. The summed E-state index contributed by atoms with van der Waals surface area (Å²) in [6.45, 7) is 5.35. The van der Waals surface area contributed by atoms with E-state index in [2.05, 4.69) is 53.2 Å². The zero-order chi connectivity index (χ0) is 19.8. The Morgan fingerprint density at radius 2 is 1.97 bits per heavy atom. The van der Waals surface area contributed by atoms with Gasteiger partial charge < -0.3 is 9.88 Å². The average molecular weight is 389 g/mol. The number of fused-ring (bicyclic) bond motifs is 2. The summed E-state index contributed by atoms with van der Waals surface area (Å²) >= 11 is 0. The third kappa shape index (κ3) is 3.67. The molecule has 2 aliphatic rings. The van der Waals surface area contributed by atoms with Gasteiger partial charge in [0, 0.05) is 18.2 Å². The van der Waals surface area contributed by atoms with E-state index in [0.717, 1.165) is 67.9 Å². The van der Waals surface area contributed by atoms with Crippen LogP contribution in [0.5, 0.6) is 0 Å². The van der Waals surface area contributed by atoms with E-state index in [-0.39, 0.29) is 5.91 Å². The van der Waals surface area contributed by atoms with Crippen LogP contribution in [0.25, 0.3) is 11.0 Å². The van der Waals surface area contributed by atoms with Crippen LogP contribution in [0, 0.1) is 6.92 Å². The lowest BCUT2D eigenvalue weighted by atomic mass is 9.96. The minimum Gasteiger partial charge on any atom is -0.342 e. The highest BCUT2D eigenvalue weighted by atomic mass is 16.2. The van der Waals surface area contributed by atoms with Gasteiger partial charge in [0.1, 0.15) is 5.82 Å². The number of para-hydroxylation sites is 1. The number of nitrogens with zero attached hydrogens (tertiary/aromatic N) is 3. The maximum absolute atomic E-state index is 13.0. The number of carbonyl (C=O) groups excluding carboxylic acids is 1. The fraction of sp³-hybridized carbons (Fsp3) is 0.417. The summed E-state index contributed by atoms with van der Waals surface area (Å²) in [5.74, 6) is 1.78. The van der Waals surface area contributed by atoms with E-state index in [1.807, 2.05) is 11.0 Å². The molecule has 5 heteroatoms. The first-order valence-electron chi connectivity index (χ1n) is 10.7. The van der Waals surface area contributed by atoms with E-state index in [9.17, 15) is 4.79 Å². The number of imidazole rings is 1. The van der Waals surface area contributed by atoms with Crippen molar-refractivity contribution in [1.82, 2.24) is 14.9 Å². The Bertz CT molecular complexity index is 1030. The number of amides is 1. The Kier molecular flexibility index (Phi) is 4.84. The number of anilines is 1. The molecule has 150 valence electrons. The molecule has 5 rings (SSSR count). The van der Waals surface area contributed by atoms with Gasteiger partial charge in [-0.1, -0.05) is 24.3 Å². The van der Waals surface area contributed by atoms with Crippen LogP contribution in [0.15, 0.2) is 42.5 Å². The summed E-state index contributed by atoms with van der Waals surface area (Å²) in [5.41, 5.74) is 5.83. The van der Waals surface area contributed by atoms with Crippen LogP contribution < -0.4 is 4.90 Å². The minimum atomic E-state index is 0.231. The molecule has 5 nitrogen and oxygen atoms in total. The Morgan fingerprint density at radius 1 is 1.14 bits per heavy atom. The van der Waals surface area contributed by atoms with Gasteiger partial charge in [0.2, 0.25) is 5.91 Å². The summed E-state index contributed by atoms with van der Waals surface area (Å²) in [6, 6.07) is 14.7. The van der Waals surface area contributed by atoms with Gasteiger partial charge in [-0.2, -0.15) is 0 Å². The molecule has 0 bridgehead atoms. The quantitative estimate of drug-likeness (QED) is 0.737. The number of aromatic nitrogens is 2. The van der Waals surface area contributed by atoms with Crippen molar-refractivity contribution in [2.45, 2.75) is 38.5 Å². The molecule has 0 aliphatic carbocycles. The lowest BCUT2D eigenvalue weighted by molar-refractivity contribution is -0.120. The molecule has 1 N–H and O–H groups in total. The number of carbonyl (C=O) groups is 1. The van der Waals surface area contributed by atoms with Gasteiger partial charge in [0.05, 0.1) is 17.6 Å². The summed E-state index contributed by atoms with van der Waals surface area (Å²) < 4.78 is 0. The predicted octanol–water partition coefficient (Wildman–Crippen LogP) is 4.03. The van der Waals surface area contributed by atoms with Gasteiger partial charge in [-0.25, -0.2) is 4.98 Å². The van der Waals surface area contributed by atoms with E-state index in [1.165, 1.54) is 11.1 Å². The van der Waals surface area contributed by atoms with E-state index in [4.69, 9.17) is 4.98 Å². The molecule has 0 atom stereocenters. The van der Waals surface area contributed by atoms with Crippen LogP contribution >= 0.6 is 0 Å². The Hall–Kier alpha value is -2.66. The van der Waals surface area contributed by atoms with Crippen molar-refractivity contribution < 1.29 is 4.79 Å². The van der Waals surface area contributed by atoms with E-state index >= 15 is 0 Å². The van der Waals surface area contributed by atoms with Crippen molar-refractivity contribution in [1.29, 1.82) is 0 Å². The molecule has 0 unspecified atom stereocenters. The molecule has 3 aromatic rings. The van der Waals surface area contributed by atoms with Crippen molar-refractivity contribution in [2.24, 2.45) is 0 Å². The molecule has 1 aromatic heterocycles. The fourth-order valence-electron chi connectivity index (χ4n) is 4.77. The molecule has 0 radical (unpaired) electrons. The monoisotopic (exact) mass is 388 g/mol. The number of likely N-dealkylation sites (tertiary alicyclic amines) is 1. The van der Waals surface area contributed by atoms with Gasteiger partial charge >= 0.3 is 0 Å². The lowest BCUT2D eigenvalue weighted by Crippen LogP contribution is -2.45. The van der Waals surface area contributed by atoms with Crippen LogP contribution in [0.3, 0.4) is 0 Å². The largest absolute Gasteiger partial charge is 0.342 e. The normalized spacial score (nSPS) is 18.2. The maximum atomic E-state index is 13.0. The zero-order valence-electron chi connectivity index (χ0n) is 17.0. The first kappa shape index (κ1) is 18.4. The summed E-state index contributed by atoms with van der Waals surface area (Å²) in [7, 11) is 0. The number of nitrogens with one attached hydrogen (secondary N) is 1. The number of rotatable bonds is 3. The van der Waals surface area contributed by atoms with Crippen molar-refractivity contribution in [3.63, 3.8) is 0 Å². The number of hydrogen-bond donors (Lipinski definition) is 1. The van der Waals surface area contributed by atoms with E-state index in [0.29, 0.717) is 12.5 Å². The number of hydrogen-bond acceptors (Lipinski definition) is 3. The second-order valence-corrected chi connectivity index (χ2v) is 8.47. The smallest absolute Gasteiger partial charge is 0.241 e. The Morgan fingerprint density at radius 3 is 2.83 bits per heavy atom. The SMILES string of the molecule is Cc1ccc2nc(C3CCN(CC(=O)N4CCCc5ccccc54)CC3)[nH]c2c1. The van der Waals surface area contributed by atoms with Crippen LogP contribution in [0.2, 0.25) is 0 Å². The van der Waals surface area contributed by atoms with Crippen molar-refractivity contribution in [3.8, 4) is 0 Å². The van der Waals surface area contributed by atoms with Gasteiger partial charge in [-0.3, -0.25) is 9.69 Å². The highest BCUT2D eigenvalue weighted by Gasteiger charge is 2.27. The summed E-state index contributed by atoms with van der Waals surface area (Å²) in [6.07, 6.45) is 4.21. The van der Waals surface area contributed by atoms with Crippen molar-refractivity contribution in [2.75, 3.05) is 31.1 Å². The summed E-state index contributed by atoms with van der Waals surface area (Å²) in [5, 5.41) is 0. The molecule has 29 heavy (non-hydrogen) atoms. The summed E-state index contributed by atoms with van der Waals surface area (Å²) in [4.78, 5) is 25.6. The van der Waals surface area contributed by atoms with Gasteiger partial charge in [0.25, 0.3) is 0 Å². The van der Waals surface area contributed by atoms with E-state index < -0.39 is 0 Å². The first-order valence-corrected chi connectivity index (χ1v) is 10.7. The van der Waals surface area contributed by atoms with E-state index in [1.54, 1.807) is 0 Å². The molecule has 0 saturated carbocycles. The predicted molar refractivity (Wildman–Crippen MR) is 116 cm³/mol. The topological polar surface area (TPSA) is 52.2 Å². The second-order valence-electron chi connectivity index (χ2n) is 8.47. The van der Waals surface area contributed by atoms with Gasteiger partial charge in [-0.15, -0.1) is 0 Å². The van der Waals surface area contributed by atoms with Gasteiger partial charge in [0.15, 0.2) is 0 Å². The van der Waals surface area contributed by atoms with Gasteiger partial charge in [-0.05, 0) is 75.0 Å². The fourth-order valence-corrected chi connectivity index (χ4v) is 4.77. The highest BCUT2D eigenvalue weighted by Crippen LogP contribution is 2.29. The average Bonchev–Trinajstić information content (AvgIpc) is 3.17. The molecule has 1 saturated heterocycles. The standard InChI is InChI=1S/C24H28N4O/c1-17-8-9-20-21(15-17)26-24(25-20)19-10-13-27(14-11-19)16-23(29)28-12-4-6-18-5-2-3-7-22(18)28/h2-3,5,7-9,15,19H,4,6,10-14,16H2,1H3,(H,25,26). The molecule has 1 fully saturated rings. The lowest BCUT2D eigenvalue weighted by Gasteiger charge is -2.34. The first-order chi connectivity index (χ1) is 14.2. The van der Waals surface area contributed by atoms with Crippen LogP contribution in [0.4, 0.5) is 5.69 Å². The molecule has 2 aliphatic heterocycles. The van der Waals surface area contributed by atoms with Crippen LogP contribution in [-0.4, -0.2) is 47.0 Å². The molecule has 2 aromatic carbocycles. The number of aromatic amines is 1. The second kappa shape index (κ2) is 7.64. The number of piperidine rings is 1. The van der Waals surface area contributed by atoms with Crippen molar-refractivity contribution >= 4 is 22.6 Å². The zero-order valence-corrected chi connectivity index (χ0v) is 17.0. The van der Waals surface area contributed by atoms with Crippen LogP contribution in [-0.2, 0) is 11.2 Å². The third-order valence-electron chi connectivity index (χ3n) is 6.40. The third-order valence-corrected chi connectivity index (χ3v) is 6.40. The molecule has 0 spiro atoms. The van der Waals surface area contributed by atoms with Crippen LogP contribution in [0.1, 0.15) is 42.1 Å². The van der Waals surface area contributed by atoms with Crippen molar-refractivity contribution in [3.05, 3.63) is 59.4 Å². The number of aryl methyl sites for hydroxylation is 2. The minimum absolute atomic E-state index is 0.231. The molecule has 3 heterocycles. The molecular formula is C24H28N4O.